The molecule has 0 saturated carbocycles. The largest absolute Gasteiger partial charge is 0.292 e. The Balaban J connectivity index is 2.77. The summed E-state index contributed by atoms with van der Waals surface area (Å²) in [4.78, 5) is 15.6. The molecule has 13 heavy (non-hydrogen) atoms. The summed E-state index contributed by atoms with van der Waals surface area (Å²) in [5.41, 5.74) is 0.545. The van der Waals surface area contributed by atoms with Gasteiger partial charge in [-0.25, -0.2) is 4.98 Å². The fourth-order valence-corrected chi connectivity index (χ4v) is 1.38. The summed E-state index contributed by atoms with van der Waals surface area (Å²) in [6.07, 6.45) is 0.559. The van der Waals surface area contributed by atoms with Crippen LogP contribution in [0.2, 0.25) is 0 Å². The van der Waals surface area contributed by atoms with Crippen LogP contribution in [0.5, 0.6) is 0 Å². The third kappa shape index (κ3) is 3.27. The lowest BCUT2D eigenvalue weighted by atomic mass is 10.1. The fraction of sp³-hybridized carbons (Fsp3) is 0.400. The van der Waals surface area contributed by atoms with Gasteiger partial charge in [0.15, 0.2) is 5.78 Å². The Bertz CT molecular complexity index is 310. The minimum atomic E-state index is 0.108. The Labute approximate surface area is 86.5 Å². The Morgan fingerprint density at radius 2 is 2.23 bits per heavy atom. The Kier molecular flexibility index (Phi) is 3.60. The van der Waals surface area contributed by atoms with Gasteiger partial charge in [0.25, 0.3) is 0 Å². The third-order valence-corrected chi connectivity index (χ3v) is 2.04. The molecule has 0 aliphatic carbocycles. The van der Waals surface area contributed by atoms with Crippen LogP contribution in [0, 0.1) is 5.92 Å². The zero-order chi connectivity index (χ0) is 9.84. The molecule has 0 spiro atoms. The predicted molar refractivity (Wildman–Crippen MR) is 55.7 cm³/mol. The summed E-state index contributed by atoms with van der Waals surface area (Å²) in [5, 5.41) is 0. The molecule has 0 N–H and O–H groups in total. The SMILES string of the molecule is CC(C)CC(=O)c1cccc(Br)n1. The number of pyridine rings is 1. The summed E-state index contributed by atoms with van der Waals surface area (Å²) in [5.74, 6) is 0.490. The summed E-state index contributed by atoms with van der Waals surface area (Å²) in [6, 6.07) is 5.38. The van der Waals surface area contributed by atoms with Gasteiger partial charge in [0.05, 0.1) is 0 Å². The summed E-state index contributed by atoms with van der Waals surface area (Å²) >= 11 is 3.23. The minimum absolute atomic E-state index is 0.108. The van der Waals surface area contributed by atoms with Crippen LogP contribution in [-0.2, 0) is 0 Å². The molecular formula is C10H12BrNO. The molecule has 1 heterocycles. The van der Waals surface area contributed by atoms with Crippen LogP contribution < -0.4 is 0 Å². The highest BCUT2D eigenvalue weighted by Gasteiger charge is 2.09. The number of Topliss-reactive ketones (excluding diaryl/α,β-unsaturated/α-hetero) is 1. The van der Waals surface area contributed by atoms with E-state index in [0.717, 1.165) is 0 Å². The van der Waals surface area contributed by atoms with Crippen molar-refractivity contribution >= 4 is 21.7 Å². The van der Waals surface area contributed by atoms with E-state index < -0.39 is 0 Å². The molecule has 0 aliphatic rings. The van der Waals surface area contributed by atoms with Gasteiger partial charge in [0.2, 0.25) is 0 Å². The van der Waals surface area contributed by atoms with Crippen molar-refractivity contribution in [2.45, 2.75) is 20.3 Å². The van der Waals surface area contributed by atoms with Crippen molar-refractivity contribution in [2.75, 3.05) is 0 Å². The van der Waals surface area contributed by atoms with Crippen LogP contribution in [0.25, 0.3) is 0 Å². The Morgan fingerprint density at radius 1 is 1.54 bits per heavy atom. The summed E-state index contributed by atoms with van der Waals surface area (Å²) < 4.78 is 0.710. The Hall–Kier alpha value is -0.700. The number of hydrogen-bond donors (Lipinski definition) is 0. The van der Waals surface area contributed by atoms with Crippen LogP contribution in [-0.4, -0.2) is 10.8 Å². The van der Waals surface area contributed by atoms with Crippen molar-refractivity contribution in [1.29, 1.82) is 0 Å². The van der Waals surface area contributed by atoms with E-state index in [-0.39, 0.29) is 5.78 Å². The molecule has 0 atom stereocenters. The van der Waals surface area contributed by atoms with Crippen molar-refractivity contribution in [3.63, 3.8) is 0 Å². The van der Waals surface area contributed by atoms with Gasteiger partial charge in [0, 0.05) is 6.42 Å². The third-order valence-electron chi connectivity index (χ3n) is 1.59. The second kappa shape index (κ2) is 4.51. The number of nitrogens with zero attached hydrogens (tertiary/aromatic N) is 1. The highest BCUT2D eigenvalue weighted by Crippen LogP contribution is 2.10. The predicted octanol–water partition coefficient (Wildman–Crippen LogP) is 3.07. The van der Waals surface area contributed by atoms with Gasteiger partial charge in [-0.3, -0.25) is 4.79 Å². The van der Waals surface area contributed by atoms with Gasteiger partial charge in [-0.2, -0.15) is 0 Å². The molecule has 1 aromatic rings. The normalized spacial score (nSPS) is 10.5. The lowest BCUT2D eigenvalue weighted by Crippen LogP contribution is -2.05. The van der Waals surface area contributed by atoms with E-state index in [9.17, 15) is 4.79 Å². The van der Waals surface area contributed by atoms with Crippen molar-refractivity contribution in [3.8, 4) is 0 Å². The lowest BCUT2D eigenvalue weighted by Gasteiger charge is -2.02. The van der Waals surface area contributed by atoms with E-state index in [4.69, 9.17) is 0 Å². The average Bonchev–Trinajstić information content (AvgIpc) is 2.03. The molecule has 3 heteroatoms. The highest BCUT2D eigenvalue weighted by atomic mass is 79.9. The molecule has 0 bridgehead atoms. The second-order valence-electron chi connectivity index (χ2n) is 3.37. The van der Waals surface area contributed by atoms with E-state index in [1.165, 1.54) is 0 Å². The van der Waals surface area contributed by atoms with E-state index in [0.29, 0.717) is 22.6 Å². The number of aromatic nitrogens is 1. The molecule has 0 unspecified atom stereocenters. The van der Waals surface area contributed by atoms with E-state index in [1.54, 1.807) is 6.07 Å². The monoisotopic (exact) mass is 241 g/mol. The quantitative estimate of drug-likeness (QED) is 0.602. The standard InChI is InChI=1S/C10H12BrNO/c1-7(2)6-9(13)8-4-3-5-10(11)12-8/h3-5,7H,6H2,1-2H3. The van der Waals surface area contributed by atoms with Gasteiger partial charge in [-0.05, 0) is 34.0 Å². The molecule has 0 aromatic carbocycles. The van der Waals surface area contributed by atoms with Crippen molar-refractivity contribution in [3.05, 3.63) is 28.5 Å². The second-order valence-corrected chi connectivity index (χ2v) is 4.18. The number of ketones is 1. The van der Waals surface area contributed by atoms with Crippen molar-refractivity contribution < 1.29 is 4.79 Å². The highest BCUT2D eigenvalue weighted by molar-refractivity contribution is 9.10. The number of carbonyl (C=O) groups excluding carboxylic acids is 1. The molecule has 1 rings (SSSR count). The first-order valence-electron chi connectivity index (χ1n) is 4.25. The first-order chi connectivity index (χ1) is 6.09. The molecule has 0 saturated heterocycles. The van der Waals surface area contributed by atoms with E-state index in [1.807, 2.05) is 26.0 Å². The average molecular weight is 242 g/mol. The molecular weight excluding hydrogens is 230 g/mol. The molecule has 1 aromatic heterocycles. The maximum Gasteiger partial charge on any atom is 0.181 e. The van der Waals surface area contributed by atoms with E-state index >= 15 is 0 Å². The molecule has 2 nitrogen and oxygen atoms in total. The maximum absolute atomic E-state index is 11.5. The van der Waals surface area contributed by atoms with Gasteiger partial charge in [-0.1, -0.05) is 19.9 Å². The minimum Gasteiger partial charge on any atom is -0.292 e. The number of hydrogen-bond acceptors (Lipinski definition) is 2. The van der Waals surface area contributed by atoms with E-state index in [2.05, 4.69) is 20.9 Å². The van der Waals surface area contributed by atoms with Gasteiger partial charge in [0.1, 0.15) is 10.3 Å². The van der Waals surface area contributed by atoms with Crippen molar-refractivity contribution in [1.82, 2.24) is 4.98 Å². The zero-order valence-electron chi connectivity index (χ0n) is 7.75. The molecule has 0 aliphatic heterocycles. The van der Waals surface area contributed by atoms with Gasteiger partial charge < -0.3 is 0 Å². The van der Waals surface area contributed by atoms with Crippen LogP contribution in [0.4, 0.5) is 0 Å². The number of halogens is 1. The topological polar surface area (TPSA) is 30.0 Å². The molecule has 70 valence electrons. The lowest BCUT2D eigenvalue weighted by molar-refractivity contribution is 0.0963. The van der Waals surface area contributed by atoms with Crippen LogP contribution >= 0.6 is 15.9 Å². The van der Waals surface area contributed by atoms with Crippen molar-refractivity contribution in [2.24, 2.45) is 5.92 Å². The van der Waals surface area contributed by atoms with Crippen LogP contribution in [0.1, 0.15) is 30.8 Å². The van der Waals surface area contributed by atoms with Crippen LogP contribution in [0.15, 0.2) is 22.8 Å². The first kappa shape index (κ1) is 10.4. The smallest absolute Gasteiger partial charge is 0.181 e. The summed E-state index contributed by atoms with van der Waals surface area (Å²) in [6.45, 7) is 4.05. The first-order valence-corrected chi connectivity index (χ1v) is 5.04. The molecule has 0 fully saturated rings. The number of carbonyl (C=O) groups is 1. The number of rotatable bonds is 3. The van der Waals surface area contributed by atoms with Gasteiger partial charge >= 0.3 is 0 Å². The van der Waals surface area contributed by atoms with Crippen LogP contribution in [0.3, 0.4) is 0 Å². The Morgan fingerprint density at radius 3 is 2.77 bits per heavy atom. The summed E-state index contributed by atoms with van der Waals surface area (Å²) in [7, 11) is 0. The fourth-order valence-electron chi connectivity index (χ4n) is 1.04. The zero-order valence-corrected chi connectivity index (χ0v) is 9.34. The molecule has 0 amide bonds. The van der Waals surface area contributed by atoms with Gasteiger partial charge in [-0.15, -0.1) is 0 Å². The maximum atomic E-state index is 11.5. The molecule has 0 radical (unpaired) electrons.